The van der Waals surface area contributed by atoms with Gasteiger partial charge in [-0.25, -0.2) is 9.18 Å². The summed E-state index contributed by atoms with van der Waals surface area (Å²) in [6.07, 6.45) is 0.985. The second kappa shape index (κ2) is 9.43. The Bertz CT molecular complexity index is 949. The lowest BCUT2D eigenvalue weighted by atomic mass is 9.77. The van der Waals surface area contributed by atoms with Crippen LogP contribution in [0, 0.1) is 5.82 Å². The molecule has 1 fully saturated rings. The maximum absolute atomic E-state index is 14.5. The van der Waals surface area contributed by atoms with E-state index in [1.54, 1.807) is 18.2 Å². The summed E-state index contributed by atoms with van der Waals surface area (Å²) in [4.78, 5) is 12.2. The Morgan fingerprint density at radius 1 is 1.10 bits per heavy atom. The first-order valence-corrected chi connectivity index (χ1v) is 10.4. The number of hydrogen-bond donors (Lipinski definition) is 1. The quantitative estimate of drug-likeness (QED) is 0.603. The highest BCUT2D eigenvalue weighted by Crippen LogP contribution is 2.39. The maximum Gasteiger partial charge on any atom is 0.492 e. The van der Waals surface area contributed by atoms with Crippen LogP contribution in [0.2, 0.25) is 5.02 Å². The summed E-state index contributed by atoms with van der Waals surface area (Å²) < 4.78 is 31.9. The van der Waals surface area contributed by atoms with E-state index in [1.807, 2.05) is 58.0 Å². The molecule has 0 aliphatic carbocycles. The van der Waals surface area contributed by atoms with Crippen LogP contribution in [0.25, 0.3) is 6.08 Å². The minimum Gasteiger partial charge on any atom is -0.445 e. The summed E-state index contributed by atoms with van der Waals surface area (Å²) in [5.41, 5.74) is 0.517. The van der Waals surface area contributed by atoms with Crippen molar-refractivity contribution in [1.82, 2.24) is 5.32 Å². The zero-order valence-corrected chi connectivity index (χ0v) is 18.8. The lowest BCUT2D eigenvalue weighted by molar-refractivity contribution is 0.00578. The Morgan fingerprint density at radius 3 is 2.39 bits per heavy atom. The number of ether oxygens (including phenoxy) is 1. The largest absolute Gasteiger partial charge is 0.492 e. The molecule has 1 heterocycles. The number of rotatable bonds is 6. The molecule has 0 spiro atoms. The molecule has 0 unspecified atom stereocenters. The van der Waals surface area contributed by atoms with Gasteiger partial charge in [0.2, 0.25) is 0 Å². The molecule has 0 aromatic heterocycles. The van der Waals surface area contributed by atoms with E-state index in [-0.39, 0.29) is 23.7 Å². The molecule has 31 heavy (non-hydrogen) atoms. The van der Waals surface area contributed by atoms with E-state index in [0.717, 1.165) is 5.56 Å². The van der Waals surface area contributed by atoms with Gasteiger partial charge >= 0.3 is 13.2 Å². The number of nitrogens with one attached hydrogen (secondary N) is 1. The van der Waals surface area contributed by atoms with Crippen LogP contribution in [0.3, 0.4) is 0 Å². The van der Waals surface area contributed by atoms with Crippen LogP contribution in [0.15, 0.2) is 54.0 Å². The summed E-state index contributed by atoms with van der Waals surface area (Å²) in [5.74, 6) is -0.551. The van der Waals surface area contributed by atoms with Gasteiger partial charge in [0.1, 0.15) is 12.4 Å². The second-order valence-corrected chi connectivity index (χ2v) is 8.77. The Morgan fingerprint density at radius 2 is 1.74 bits per heavy atom. The van der Waals surface area contributed by atoms with E-state index in [1.165, 1.54) is 6.07 Å². The topological polar surface area (TPSA) is 56.8 Å². The van der Waals surface area contributed by atoms with Crippen LogP contribution in [0.5, 0.6) is 0 Å². The third-order valence-corrected chi connectivity index (χ3v) is 5.82. The molecule has 0 radical (unpaired) electrons. The molecule has 8 heteroatoms. The lowest BCUT2D eigenvalue weighted by Gasteiger charge is -2.32. The molecule has 2 aromatic carbocycles. The third-order valence-electron chi connectivity index (χ3n) is 5.53. The highest BCUT2D eigenvalue weighted by Gasteiger charge is 2.52. The van der Waals surface area contributed by atoms with Crippen molar-refractivity contribution in [3.8, 4) is 0 Å². The van der Waals surface area contributed by atoms with Gasteiger partial charge in [0.15, 0.2) is 0 Å². The summed E-state index contributed by atoms with van der Waals surface area (Å²) in [7, 11) is -0.766. The second-order valence-electron chi connectivity index (χ2n) is 8.37. The van der Waals surface area contributed by atoms with E-state index in [9.17, 15) is 9.18 Å². The first-order valence-electron chi connectivity index (χ1n) is 10.0. The molecule has 0 bridgehead atoms. The van der Waals surface area contributed by atoms with Gasteiger partial charge in [0.05, 0.1) is 16.2 Å². The van der Waals surface area contributed by atoms with Crippen molar-refractivity contribution < 1.29 is 23.2 Å². The number of alkyl carbamates (subject to hydrolysis) is 1. The number of carbonyl (C=O) groups excluding carboxylic acids is 1. The van der Waals surface area contributed by atoms with E-state index in [0.29, 0.717) is 5.47 Å². The van der Waals surface area contributed by atoms with Gasteiger partial charge in [-0.15, -0.1) is 0 Å². The van der Waals surface area contributed by atoms with Crippen LogP contribution in [0.1, 0.15) is 38.8 Å². The number of halogens is 2. The van der Waals surface area contributed by atoms with Gasteiger partial charge in [-0.2, -0.15) is 0 Å². The molecule has 1 amide bonds. The lowest BCUT2D eigenvalue weighted by Crippen LogP contribution is -2.41. The Kier molecular flexibility index (Phi) is 7.09. The molecule has 1 aliphatic heterocycles. The molecule has 0 atom stereocenters. The van der Waals surface area contributed by atoms with E-state index in [4.69, 9.17) is 25.6 Å². The molecule has 1 N–H and O–H groups in total. The van der Waals surface area contributed by atoms with Crippen molar-refractivity contribution in [2.45, 2.75) is 45.5 Å². The predicted molar refractivity (Wildman–Crippen MR) is 120 cm³/mol. The van der Waals surface area contributed by atoms with Crippen LogP contribution >= 0.6 is 11.6 Å². The van der Waals surface area contributed by atoms with E-state index in [2.05, 4.69) is 5.32 Å². The number of benzene rings is 2. The predicted octanol–water partition coefficient (Wildman–Crippen LogP) is 5.42. The zero-order valence-electron chi connectivity index (χ0n) is 18.1. The molecule has 2 aromatic rings. The van der Waals surface area contributed by atoms with Crippen LogP contribution in [-0.2, 0) is 20.7 Å². The van der Waals surface area contributed by atoms with Crippen molar-refractivity contribution in [3.05, 3.63) is 76.0 Å². The molecule has 164 valence electrons. The Balaban J connectivity index is 1.75. The first kappa shape index (κ1) is 23.3. The fourth-order valence-corrected chi connectivity index (χ4v) is 3.16. The molecule has 1 saturated heterocycles. The SMILES string of the molecule is CC1(C)OB(C(=Cc2cccc(Cl)c2F)CNC(=O)OCc2ccccc2)OC1(C)C. The average molecular weight is 446 g/mol. The number of amides is 1. The minimum absolute atomic E-state index is 0.0113. The number of carbonyl (C=O) groups is 1. The van der Waals surface area contributed by atoms with Crippen LogP contribution < -0.4 is 5.32 Å². The molecule has 5 nitrogen and oxygen atoms in total. The smallest absolute Gasteiger partial charge is 0.445 e. The molecule has 0 saturated carbocycles. The highest BCUT2D eigenvalue weighted by molar-refractivity contribution is 6.56. The fourth-order valence-electron chi connectivity index (χ4n) is 2.98. The first-order chi connectivity index (χ1) is 14.6. The summed E-state index contributed by atoms with van der Waals surface area (Å²) in [6, 6.07) is 14.1. The molecular weight excluding hydrogens is 420 g/mol. The monoisotopic (exact) mass is 445 g/mol. The molecule has 1 aliphatic rings. The van der Waals surface area contributed by atoms with Gasteiger partial charge in [-0.05, 0) is 44.8 Å². The highest BCUT2D eigenvalue weighted by atomic mass is 35.5. The van der Waals surface area contributed by atoms with E-state index >= 15 is 0 Å². The van der Waals surface area contributed by atoms with Crippen molar-refractivity contribution >= 4 is 30.9 Å². The maximum atomic E-state index is 14.5. The van der Waals surface area contributed by atoms with Crippen LogP contribution in [0.4, 0.5) is 9.18 Å². The van der Waals surface area contributed by atoms with Crippen molar-refractivity contribution in [3.63, 3.8) is 0 Å². The normalized spacial score (nSPS) is 17.5. The van der Waals surface area contributed by atoms with Crippen molar-refractivity contribution in [2.75, 3.05) is 6.54 Å². The molecule has 3 rings (SSSR count). The Hall–Kier alpha value is -2.35. The van der Waals surface area contributed by atoms with Gasteiger partial charge < -0.3 is 19.4 Å². The number of hydrogen-bond acceptors (Lipinski definition) is 4. The fraction of sp³-hybridized carbons (Fsp3) is 0.348. The standard InChI is InChI=1S/C23H26BClFNO4/c1-22(2)23(3,4)31-24(30-22)18(13-17-11-8-12-19(25)20(17)26)14-27-21(28)29-15-16-9-6-5-7-10-16/h5-13H,14-15H2,1-4H3,(H,27,28). The summed E-state index contributed by atoms with van der Waals surface area (Å²) in [6.45, 7) is 7.89. The van der Waals surface area contributed by atoms with Gasteiger partial charge in [0.25, 0.3) is 0 Å². The zero-order chi connectivity index (χ0) is 22.6. The molecular formula is C23H26BClFNO4. The van der Waals surface area contributed by atoms with Gasteiger partial charge in [0, 0.05) is 12.1 Å². The van der Waals surface area contributed by atoms with Gasteiger partial charge in [-0.3, -0.25) is 0 Å². The minimum atomic E-state index is -0.766. The van der Waals surface area contributed by atoms with Gasteiger partial charge in [-0.1, -0.05) is 60.1 Å². The van der Waals surface area contributed by atoms with Crippen molar-refractivity contribution in [1.29, 1.82) is 0 Å². The van der Waals surface area contributed by atoms with Crippen molar-refractivity contribution in [2.24, 2.45) is 0 Å². The average Bonchev–Trinajstić information content (AvgIpc) is 2.94. The van der Waals surface area contributed by atoms with Crippen LogP contribution in [-0.4, -0.2) is 31.0 Å². The summed E-state index contributed by atoms with van der Waals surface area (Å²) in [5, 5.41) is 2.71. The third kappa shape index (κ3) is 5.67. The summed E-state index contributed by atoms with van der Waals surface area (Å²) >= 11 is 5.92. The van der Waals surface area contributed by atoms with E-state index < -0.39 is 30.2 Å². The Labute approximate surface area is 187 Å².